The number of sulfonamides is 1. The number of anilines is 1. The smallest absolute Gasteiger partial charge is 0.251 e. The van der Waals surface area contributed by atoms with Crippen molar-refractivity contribution in [2.75, 3.05) is 23.7 Å². The van der Waals surface area contributed by atoms with E-state index in [4.69, 9.17) is 4.74 Å². The summed E-state index contributed by atoms with van der Waals surface area (Å²) >= 11 is 0. The van der Waals surface area contributed by atoms with Gasteiger partial charge in [-0.15, -0.1) is 0 Å². The first kappa shape index (κ1) is 26.9. The van der Waals surface area contributed by atoms with E-state index in [9.17, 15) is 13.2 Å². The molecular formula is C31H32N2O4S. The van der Waals surface area contributed by atoms with Crippen LogP contribution in [0.1, 0.15) is 28.4 Å². The van der Waals surface area contributed by atoms with Crippen LogP contribution in [0.2, 0.25) is 0 Å². The molecule has 0 saturated heterocycles. The zero-order chi connectivity index (χ0) is 27.0. The summed E-state index contributed by atoms with van der Waals surface area (Å²) in [6, 6.07) is 32.0. The normalized spacial score (nSPS) is 11.1. The molecule has 0 aliphatic rings. The number of nitrogens with one attached hydrogen (secondary N) is 1. The number of rotatable bonds is 11. The molecule has 0 spiro atoms. The fraction of sp³-hybridized carbons (Fsp3) is 0.194. The van der Waals surface area contributed by atoms with Crippen molar-refractivity contribution in [1.82, 2.24) is 5.32 Å². The molecule has 0 radical (unpaired) electrons. The number of benzene rings is 4. The molecule has 0 atom stereocenters. The van der Waals surface area contributed by atoms with Crippen LogP contribution in [0.4, 0.5) is 5.69 Å². The van der Waals surface area contributed by atoms with Crippen LogP contribution in [0.5, 0.6) is 5.75 Å². The van der Waals surface area contributed by atoms with Crippen molar-refractivity contribution in [1.29, 1.82) is 0 Å². The Morgan fingerprint density at radius 3 is 2.11 bits per heavy atom. The summed E-state index contributed by atoms with van der Waals surface area (Å²) in [6.07, 6.45) is 2.18. The van der Waals surface area contributed by atoms with Crippen molar-refractivity contribution >= 4 is 21.6 Å². The van der Waals surface area contributed by atoms with Gasteiger partial charge in [-0.05, 0) is 53.4 Å². The first-order chi connectivity index (χ1) is 18.3. The number of aryl methyl sites for hydroxylation is 1. The number of nitrogens with zero attached hydrogens (tertiary/aromatic N) is 1. The minimum absolute atomic E-state index is 0.148. The van der Waals surface area contributed by atoms with Gasteiger partial charge in [0.15, 0.2) is 0 Å². The summed E-state index contributed by atoms with van der Waals surface area (Å²) in [7, 11) is -3.57. The van der Waals surface area contributed by atoms with Gasteiger partial charge < -0.3 is 10.1 Å². The second-order valence-corrected chi connectivity index (χ2v) is 10.9. The molecule has 0 aromatic heterocycles. The Morgan fingerprint density at radius 1 is 0.816 bits per heavy atom. The van der Waals surface area contributed by atoms with Crippen LogP contribution in [-0.4, -0.2) is 33.7 Å². The van der Waals surface area contributed by atoms with E-state index in [1.54, 1.807) is 24.3 Å². The predicted molar refractivity (Wildman–Crippen MR) is 153 cm³/mol. The van der Waals surface area contributed by atoms with Crippen LogP contribution in [0.15, 0.2) is 103 Å². The molecule has 4 aromatic carbocycles. The molecule has 1 N–H and O–H groups in total. The fourth-order valence-corrected chi connectivity index (χ4v) is 5.02. The van der Waals surface area contributed by atoms with Gasteiger partial charge in [-0.1, -0.05) is 79.7 Å². The third kappa shape index (κ3) is 7.01. The number of hydrogen-bond donors (Lipinski definition) is 1. The van der Waals surface area contributed by atoms with Crippen molar-refractivity contribution in [2.45, 2.75) is 19.9 Å². The summed E-state index contributed by atoms with van der Waals surface area (Å²) < 4.78 is 32.7. The third-order valence-corrected chi connectivity index (χ3v) is 7.31. The first-order valence-electron chi connectivity index (χ1n) is 12.6. The van der Waals surface area contributed by atoms with Gasteiger partial charge in [0.25, 0.3) is 5.91 Å². The lowest BCUT2D eigenvalue weighted by Gasteiger charge is -2.25. The van der Waals surface area contributed by atoms with Crippen LogP contribution in [0.25, 0.3) is 11.1 Å². The van der Waals surface area contributed by atoms with E-state index < -0.39 is 10.0 Å². The Hall–Kier alpha value is -4.10. The number of ether oxygens (including phenoxy) is 1. The Morgan fingerprint density at radius 2 is 1.45 bits per heavy atom. The Labute approximate surface area is 225 Å². The van der Waals surface area contributed by atoms with Crippen LogP contribution < -0.4 is 14.4 Å². The predicted octanol–water partition coefficient (Wildman–Crippen LogP) is 5.69. The summed E-state index contributed by atoms with van der Waals surface area (Å²) in [6.45, 7) is 2.98. The van der Waals surface area contributed by atoms with Crippen molar-refractivity contribution in [3.8, 4) is 16.9 Å². The second-order valence-electron chi connectivity index (χ2n) is 8.95. The van der Waals surface area contributed by atoms with Crippen LogP contribution in [0.3, 0.4) is 0 Å². The number of carbonyl (C=O) groups excluding carboxylic acids is 1. The highest BCUT2D eigenvalue weighted by Gasteiger charge is 2.21. The zero-order valence-corrected chi connectivity index (χ0v) is 22.4. The Bertz CT molecular complexity index is 1450. The van der Waals surface area contributed by atoms with E-state index in [0.29, 0.717) is 24.4 Å². The standard InChI is InChI=1S/C31H32N2O4S/c1-3-24-15-19-28(20-16-24)37-22-21-32-31(34)27-17-13-25(14-18-27)23-33(38(2,35)36)30-12-8-7-11-29(30)26-9-5-4-6-10-26/h4-20H,3,21-23H2,1-2H3,(H,32,34). The maximum absolute atomic E-state index is 12.8. The molecule has 0 aliphatic heterocycles. The molecule has 7 heteroatoms. The minimum Gasteiger partial charge on any atom is -0.492 e. The van der Waals surface area contributed by atoms with E-state index in [2.05, 4.69) is 12.2 Å². The Kier molecular flexibility index (Phi) is 8.81. The lowest BCUT2D eigenvalue weighted by Crippen LogP contribution is -2.30. The molecule has 0 unspecified atom stereocenters. The average molecular weight is 529 g/mol. The highest BCUT2D eigenvalue weighted by Crippen LogP contribution is 2.33. The van der Waals surface area contributed by atoms with Gasteiger partial charge in [0.2, 0.25) is 10.0 Å². The number of carbonyl (C=O) groups is 1. The summed E-state index contributed by atoms with van der Waals surface area (Å²) in [5.41, 5.74) is 4.88. The molecule has 1 amide bonds. The van der Waals surface area contributed by atoms with Crippen LogP contribution in [0, 0.1) is 0 Å². The molecule has 0 heterocycles. The molecule has 4 rings (SSSR count). The van der Waals surface area contributed by atoms with Crippen LogP contribution >= 0.6 is 0 Å². The highest BCUT2D eigenvalue weighted by atomic mass is 32.2. The van der Waals surface area contributed by atoms with Crippen molar-refractivity contribution in [3.05, 3.63) is 120 Å². The third-order valence-electron chi connectivity index (χ3n) is 6.19. The van der Waals surface area contributed by atoms with Gasteiger partial charge in [0.05, 0.1) is 25.0 Å². The number of amides is 1. The monoisotopic (exact) mass is 528 g/mol. The number of para-hydroxylation sites is 1. The maximum atomic E-state index is 12.8. The molecule has 4 aromatic rings. The summed E-state index contributed by atoms with van der Waals surface area (Å²) in [5.74, 6) is 0.556. The van der Waals surface area contributed by atoms with Gasteiger partial charge in [-0.3, -0.25) is 9.10 Å². The van der Waals surface area contributed by atoms with E-state index in [0.717, 1.165) is 28.9 Å². The molecule has 38 heavy (non-hydrogen) atoms. The molecule has 0 aliphatic carbocycles. The SMILES string of the molecule is CCc1ccc(OCCNC(=O)c2ccc(CN(c3ccccc3-c3ccccc3)S(C)(=O)=O)cc2)cc1. The van der Waals surface area contributed by atoms with Crippen molar-refractivity contribution in [3.63, 3.8) is 0 Å². The van der Waals surface area contributed by atoms with E-state index in [-0.39, 0.29) is 12.5 Å². The summed E-state index contributed by atoms with van der Waals surface area (Å²) in [5, 5.41) is 2.86. The van der Waals surface area contributed by atoms with E-state index in [1.807, 2.05) is 78.9 Å². The topological polar surface area (TPSA) is 75.7 Å². The molecule has 0 bridgehead atoms. The van der Waals surface area contributed by atoms with Crippen LogP contribution in [-0.2, 0) is 23.0 Å². The Balaban J connectivity index is 1.40. The van der Waals surface area contributed by atoms with Gasteiger partial charge in [0.1, 0.15) is 12.4 Å². The molecule has 196 valence electrons. The van der Waals surface area contributed by atoms with Gasteiger partial charge in [-0.2, -0.15) is 0 Å². The molecular weight excluding hydrogens is 496 g/mol. The highest BCUT2D eigenvalue weighted by molar-refractivity contribution is 7.92. The fourth-order valence-electron chi connectivity index (χ4n) is 4.12. The minimum atomic E-state index is -3.57. The summed E-state index contributed by atoms with van der Waals surface area (Å²) in [4.78, 5) is 12.6. The van der Waals surface area contributed by atoms with Gasteiger partial charge in [0, 0.05) is 11.1 Å². The van der Waals surface area contributed by atoms with Crippen molar-refractivity contribution < 1.29 is 17.9 Å². The molecule has 0 saturated carbocycles. The first-order valence-corrected chi connectivity index (χ1v) is 14.4. The van der Waals surface area contributed by atoms with Crippen molar-refractivity contribution in [2.24, 2.45) is 0 Å². The molecule has 6 nitrogen and oxygen atoms in total. The largest absolute Gasteiger partial charge is 0.492 e. The zero-order valence-electron chi connectivity index (χ0n) is 21.6. The van der Waals surface area contributed by atoms with E-state index in [1.165, 1.54) is 16.1 Å². The maximum Gasteiger partial charge on any atom is 0.251 e. The quantitative estimate of drug-likeness (QED) is 0.254. The van der Waals surface area contributed by atoms with E-state index >= 15 is 0 Å². The lowest BCUT2D eigenvalue weighted by atomic mass is 10.0. The van der Waals surface area contributed by atoms with Gasteiger partial charge >= 0.3 is 0 Å². The molecule has 0 fully saturated rings. The van der Waals surface area contributed by atoms with Gasteiger partial charge in [-0.25, -0.2) is 8.42 Å². The second kappa shape index (κ2) is 12.4. The lowest BCUT2D eigenvalue weighted by molar-refractivity contribution is 0.0947. The number of hydrogen-bond acceptors (Lipinski definition) is 4. The average Bonchev–Trinajstić information content (AvgIpc) is 2.94.